The Morgan fingerprint density at radius 3 is 2.51 bits per heavy atom. The smallest absolute Gasteiger partial charge is 0.309 e. The number of fused-ring (bicyclic) bond motifs is 3. The summed E-state index contributed by atoms with van der Waals surface area (Å²) in [6.45, 7) is 7.04. The van der Waals surface area contributed by atoms with Gasteiger partial charge in [0.1, 0.15) is 21.3 Å². The van der Waals surface area contributed by atoms with E-state index in [-0.39, 0.29) is 23.4 Å². The summed E-state index contributed by atoms with van der Waals surface area (Å²) in [6.07, 6.45) is 3.99. The third kappa shape index (κ3) is 7.13. The van der Waals surface area contributed by atoms with Gasteiger partial charge in [0.15, 0.2) is 0 Å². The molecular weight excluding hydrogens is 536 g/mol. The number of carbonyl (C=O) groups excluding carboxylic acids is 1. The van der Waals surface area contributed by atoms with E-state index in [1.165, 1.54) is 27.8 Å². The highest BCUT2D eigenvalue weighted by Gasteiger charge is 2.45. The molecule has 0 unspecified atom stereocenters. The molecule has 1 heterocycles. The Kier molecular flexibility index (Phi) is 9.03. The fourth-order valence-electron chi connectivity index (χ4n) is 5.72. The van der Waals surface area contributed by atoms with Crippen LogP contribution in [0.25, 0.3) is 11.1 Å². The Labute approximate surface area is 244 Å². The molecule has 3 aromatic carbocycles. The van der Waals surface area contributed by atoms with E-state index in [4.69, 9.17) is 14.2 Å². The zero-order valence-electron chi connectivity index (χ0n) is 24.3. The van der Waals surface area contributed by atoms with E-state index in [2.05, 4.69) is 55.5 Å². The maximum Gasteiger partial charge on any atom is 0.309 e. The van der Waals surface area contributed by atoms with Crippen LogP contribution in [0.3, 0.4) is 0 Å². The van der Waals surface area contributed by atoms with Gasteiger partial charge in [-0.25, -0.2) is 8.42 Å². The standard InChI is InChI=1S/C34H40O6S/c1-4-38-34(35)30-22-29(30)26-12-9-24(10-13-26)7-8-25-11-14-32-31(20-25)33-23(3)19-28(21-27(33)15-17-40-32)39-16-6-18-41(36,37)5-2/h9-14,19-21,29-30H,4-8,15-18,22H2,1-3H3/t29-,30+/m1/s1. The Bertz CT molecular complexity index is 1490. The van der Waals surface area contributed by atoms with Gasteiger partial charge >= 0.3 is 5.97 Å². The van der Waals surface area contributed by atoms with Gasteiger partial charge in [0, 0.05) is 17.7 Å². The van der Waals surface area contributed by atoms with Crippen LogP contribution in [0.4, 0.5) is 0 Å². The van der Waals surface area contributed by atoms with Crippen molar-refractivity contribution in [2.45, 2.75) is 58.8 Å². The summed E-state index contributed by atoms with van der Waals surface area (Å²) in [7, 11) is -2.98. The maximum atomic E-state index is 12.0. The second-order valence-corrected chi connectivity index (χ2v) is 13.6. The van der Waals surface area contributed by atoms with Crippen molar-refractivity contribution in [3.63, 3.8) is 0 Å². The number of rotatable bonds is 12. The van der Waals surface area contributed by atoms with Gasteiger partial charge in [-0.3, -0.25) is 4.79 Å². The van der Waals surface area contributed by atoms with Crippen molar-refractivity contribution < 1.29 is 27.4 Å². The summed E-state index contributed by atoms with van der Waals surface area (Å²) in [4.78, 5) is 12.0. The van der Waals surface area contributed by atoms with Gasteiger partial charge in [-0.05, 0) is 103 Å². The number of benzene rings is 3. The summed E-state index contributed by atoms with van der Waals surface area (Å²) >= 11 is 0. The van der Waals surface area contributed by atoms with Gasteiger partial charge in [-0.1, -0.05) is 37.3 Å². The molecule has 0 spiro atoms. The van der Waals surface area contributed by atoms with E-state index in [1.807, 2.05) is 13.0 Å². The molecule has 0 amide bonds. The fourth-order valence-corrected chi connectivity index (χ4v) is 6.57. The van der Waals surface area contributed by atoms with Crippen LogP contribution in [0.1, 0.15) is 60.4 Å². The minimum atomic E-state index is -2.98. The van der Waals surface area contributed by atoms with Crippen molar-refractivity contribution >= 4 is 15.8 Å². The molecule has 0 N–H and O–H groups in total. The van der Waals surface area contributed by atoms with E-state index < -0.39 is 9.84 Å². The number of esters is 1. The zero-order valence-corrected chi connectivity index (χ0v) is 25.1. The number of hydrogen-bond donors (Lipinski definition) is 0. The Morgan fingerprint density at radius 2 is 1.76 bits per heavy atom. The van der Waals surface area contributed by atoms with Gasteiger partial charge in [0.25, 0.3) is 0 Å². The zero-order chi connectivity index (χ0) is 29.0. The predicted molar refractivity (Wildman–Crippen MR) is 162 cm³/mol. The molecule has 7 heteroatoms. The van der Waals surface area contributed by atoms with Crippen molar-refractivity contribution in [2.24, 2.45) is 5.92 Å². The molecule has 2 atom stereocenters. The normalized spacial score (nSPS) is 17.5. The highest BCUT2D eigenvalue weighted by molar-refractivity contribution is 7.91. The second-order valence-electron chi connectivity index (χ2n) is 11.1. The topological polar surface area (TPSA) is 78.9 Å². The van der Waals surface area contributed by atoms with Crippen molar-refractivity contribution in [1.82, 2.24) is 0 Å². The first-order chi connectivity index (χ1) is 19.8. The minimum absolute atomic E-state index is 0.0150. The maximum absolute atomic E-state index is 12.0. The lowest BCUT2D eigenvalue weighted by Gasteiger charge is -2.16. The molecule has 1 aliphatic carbocycles. The van der Waals surface area contributed by atoms with E-state index in [9.17, 15) is 13.2 Å². The third-order valence-corrected chi connectivity index (χ3v) is 9.92. The molecule has 0 saturated heterocycles. The van der Waals surface area contributed by atoms with Gasteiger partial charge in [0.2, 0.25) is 0 Å². The van der Waals surface area contributed by atoms with Crippen LogP contribution >= 0.6 is 0 Å². The summed E-state index contributed by atoms with van der Waals surface area (Å²) in [5.74, 6) is 2.22. The molecule has 5 rings (SSSR count). The number of carbonyl (C=O) groups is 1. The predicted octanol–water partition coefficient (Wildman–Crippen LogP) is 6.25. The van der Waals surface area contributed by atoms with Crippen molar-refractivity contribution in [3.05, 3.63) is 82.4 Å². The van der Waals surface area contributed by atoms with E-state index >= 15 is 0 Å². The lowest BCUT2D eigenvalue weighted by Crippen LogP contribution is -2.12. The first-order valence-electron chi connectivity index (χ1n) is 14.8. The first kappa shape index (κ1) is 29.2. The van der Waals surface area contributed by atoms with Gasteiger partial charge in [-0.15, -0.1) is 0 Å². The molecule has 2 aliphatic rings. The first-order valence-corrected chi connectivity index (χ1v) is 16.6. The summed E-state index contributed by atoms with van der Waals surface area (Å²) in [6, 6.07) is 19.3. The van der Waals surface area contributed by atoms with Crippen molar-refractivity contribution in [2.75, 3.05) is 31.3 Å². The second kappa shape index (κ2) is 12.7. The van der Waals surface area contributed by atoms with Crippen molar-refractivity contribution in [3.8, 4) is 22.6 Å². The number of sulfone groups is 1. The molecule has 0 radical (unpaired) electrons. The Balaban J connectivity index is 1.24. The molecule has 218 valence electrons. The minimum Gasteiger partial charge on any atom is -0.494 e. The monoisotopic (exact) mass is 576 g/mol. The number of hydrogen-bond acceptors (Lipinski definition) is 6. The van der Waals surface area contributed by atoms with Crippen molar-refractivity contribution in [1.29, 1.82) is 0 Å². The lowest BCUT2D eigenvalue weighted by atomic mass is 9.91. The molecule has 1 saturated carbocycles. The molecule has 0 aromatic heterocycles. The number of ether oxygens (including phenoxy) is 3. The fraction of sp³-hybridized carbons (Fsp3) is 0.441. The molecular formula is C34H40O6S. The van der Waals surface area contributed by atoms with Crippen LogP contribution < -0.4 is 9.47 Å². The van der Waals surface area contributed by atoms with E-state index in [0.29, 0.717) is 32.2 Å². The van der Waals surface area contributed by atoms with Crippen LogP contribution in [0, 0.1) is 12.8 Å². The molecule has 3 aromatic rings. The highest BCUT2D eigenvalue weighted by atomic mass is 32.2. The van der Waals surface area contributed by atoms with E-state index in [1.54, 1.807) is 6.92 Å². The summed E-state index contributed by atoms with van der Waals surface area (Å²) in [5, 5.41) is 0. The molecule has 1 fully saturated rings. The van der Waals surface area contributed by atoms with Crippen LogP contribution in [0.5, 0.6) is 11.5 Å². The Hall–Kier alpha value is -3.32. The SMILES string of the molecule is CCOC(=O)[C@H]1C[C@@H]1c1ccc(CCc2ccc3c(c2)-c2c(C)cc(OCCCS(=O)(=O)CC)cc2CCO3)cc1. The van der Waals surface area contributed by atoms with Gasteiger partial charge < -0.3 is 14.2 Å². The van der Waals surface area contributed by atoms with Gasteiger partial charge in [-0.2, -0.15) is 0 Å². The molecule has 6 nitrogen and oxygen atoms in total. The number of aryl methyl sites for hydroxylation is 3. The third-order valence-electron chi connectivity index (χ3n) is 8.13. The Morgan fingerprint density at radius 1 is 1.00 bits per heavy atom. The van der Waals surface area contributed by atoms with Gasteiger partial charge in [0.05, 0.1) is 31.5 Å². The largest absolute Gasteiger partial charge is 0.494 e. The summed E-state index contributed by atoms with van der Waals surface area (Å²) < 4.78 is 40.8. The van der Waals surface area contributed by atoms with Crippen LogP contribution in [-0.2, 0) is 38.6 Å². The quantitative estimate of drug-likeness (QED) is 0.187. The average Bonchev–Trinajstić information content (AvgIpc) is 3.78. The van der Waals surface area contributed by atoms with Crippen LogP contribution in [0.2, 0.25) is 0 Å². The summed E-state index contributed by atoms with van der Waals surface area (Å²) in [5.41, 5.74) is 8.38. The highest BCUT2D eigenvalue weighted by Crippen LogP contribution is 2.48. The average molecular weight is 577 g/mol. The molecule has 0 bridgehead atoms. The van der Waals surface area contributed by atoms with Crippen LogP contribution in [0.15, 0.2) is 54.6 Å². The van der Waals surface area contributed by atoms with Crippen LogP contribution in [-0.4, -0.2) is 45.7 Å². The molecule has 41 heavy (non-hydrogen) atoms. The molecule has 1 aliphatic heterocycles. The van der Waals surface area contributed by atoms with E-state index in [0.717, 1.165) is 48.3 Å². The lowest BCUT2D eigenvalue weighted by molar-refractivity contribution is -0.144.